The van der Waals surface area contributed by atoms with E-state index in [-0.39, 0.29) is 19.5 Å². The van der Waals surface area contributed by atoms with Gasteiger partial charge >= 0.3 is 5.97 Å². The van der Waals surface area contributed by atoms with Crippen molar-refractivity contribution in [3.05, 3.63) is 12.2 Å². The molecule has 78 valence electrons. The Kier molecular flexibility index (Phi) is 9.39. The maximum atomic E-state index is 10.9. The Bertz CT molecular complexity index is 167. The van der Waals surface area contributed by atoms with E-state index in [1.54, 1.807) is 6.92 Å². The summed E-state index contributed by atoms with van der Waals surface area (Å²) in [5.74, 6) is -0.318. The molecule has 0 spiro atoms. The summed E-state index contributed by atoms with van der Waals surface area (Å²) in [4.78, 5) is 12.9. The molecule has 0 aliphatic heterocycles. The Morgan fingerprint density at radius 3 is 2.15 bits per heavy atom. The highest BCUT2D eigenvalue weighted by Crippen LogP contribution is 1.94. The molecule has 0 aromatic heterocycles. The molecule has 0 rings (SSSR count). The van der Waals surface area contributed by atoms with Crippen LogP contribution in [0.3, 0.4) is 0 Å². The minimum absolute atomic E-state index is 0. The van der Waals surface area contributed by atoms with Crippen molar-refractivity contribution < 1.29 is 9.53 Å². The maximum absolute atomic E-state index is 10.9. The lowest BCUT2D eigenvalue weighted by atomic mass is 10.4. The lowest BCUT2D eigenvalue weighted by Gasteiger charge is -2.17. The van der Waals surface area contributed by atoms with E-state index in [0.717, 1.165) is 13.1 Å². The number of nitrogens with zero attached hydrogens (tertiary/aromatic N) is 1. The monoisotopic (exact) mass is 205 g/mol. The smallest absolute Gasteiger partial charge is 0.334 e. The first-order valence-corrected chi connectivity index (χ1v) is 4.16. The summed E-state index contributed by atoms with van der Waals surface area (Å²) in [7, 11) is 0. The van der Waals surface area contributed by atoms with E-state index in [9.17, 15) is 4.79 Å². The summed E-state index contributed by atoms with van der Waals surface area (Å²) < 4.78 is 4.93. The molecule has 4 heteroatoms. The molecular weight excluding hydrogens is 186 g/mol. The highest BCUT2D eigenvalue weighted by Gasteiger charge is 2.05. The topological polar surface area (TPSA) is 29.5 Å². The van der Waals surface area contributed by atoms with Gasteiger partial charge in [-0.15, -0.1) is 0 Å². The second kappa shape index (κ2) is 8.13. The predicted molar refractivity (Wildman–Crippen MR) is 59.1 cm³/mol. The number of hydrogen-bond acceptors (Lipinski definition) is 3. The normalized spacial score (nSPS) is 9.23. The van der Waals surface area contributed by atoms with Gasteiger partial charge < -0.3 is 4.74 Å². The van der Waals surface area contributed by atoms with E-state index in [2.05, 4.69) is 6.58 Å². The van der Waals surface area contributed by atoms with Gasteiger partial charge in [-0.3, -0.25) is 4.90 Å². The van der Waals surface area contributed by atoms with Crippen molar-refractivity contribution in [3.63, 3.8) is 0 Å². The summed E-state index contributed by atoms with van der Waals surface area (Å²) in [5.41, 5.74) is 0.446. The van der Waals surface area contributed by atoms with Gasteiger partial charge in [0.05, 0.1) is 0 Å². The van der Waals surface area contributed by atoms with Crippen LogP contribution in [0.5, 0.6) is 0 Å². The highest BCUT2D eigenvalue weighted by molar-refractivity contribution is 7.59. The largest absolute Gasteiger partial charge is 0.446 e. The van der Waals surface area contributed by atoms with Crippen molar-refractivity contribution in [3.8, 4) is 0 Å². The Morgan fingerprint density at radius 2 is 1.85 bits per heavy atom. The Labute approximate surface area is 87.2 Å². The van der Waals surface area contributed by atoms with Gasteiger partial charge in [0.15, 0.2) is 0 Å². The van der Waals surface area contributed by atoms with E-state index in [1.807, 2.05) is 18.7 Å². The molecule has 0 N–H and O–H groups in total. The van der Waals surface area contributed by atoms with Gasteiger partial charge in [-0.05, 0) is 20.0 Å². The third kappa shape index (κ3) is 6.66. The number of carbonyl (C=O) groups excluding carboxylic acids is 1. The SMILES string of the molecule is C=C(C)C(=O)OCN(CC)CC.S. The summed E-state index contributed by atoms with van der Waals surface area (Å²) in [6.45, 7) is 11.3. The minimum Gasteiger partial charge on any atom is -0.446 e. The Hall–Kier alpha value is -0.480. The van der Waals surface area contributed by atoms with Crippen LogP contribution in [-0.2, 0) is 9.53 Å². The van der Waals surface area contributed by atoms with Gasteiger partial charge in [-0.1, -0.05) is 20.4 Å². The average Bonchev–Trinajstić information content (AvgIpc) is 2.05. The van der Waals surface area contributed by atoms with E-state index < -0.39 is 0 Å². The molecule has 0 aliphatic carbocycles. The van der Waals surface area contributed by atoms with Crippen molar-refractivity contribution in [2.45, 2.75) is 20.8 Å². The second-order valence-electron chi connectivity index (χ2n) is 2.64. The molecule has 0 aromatic carbocycles. The Balaban J connectivity index is 0. The van der Waals surface area contributed by atoms with Crippen molar-refractivity contribution in [2.75, 3.05) is 19.8 Å². The molecule has 0 unspecified atom stereocenters. The van der Waals surface area contributed by atoms with E-state index in [4.69, 9.17) is 4.74 Å². The van der Waals surface area contributed by atoms with Gasteiger partial charge in [0, 0.05) is 5.57 Å². The highest BCUT2D eigenvalue weighted by atomic mass is 32.1. The number of ether oxygens (including phenoxy) is 1. The lowest BCUT2D eigenvalue weighted by Crippen LogP contribution is -2.27. The van der Waals surface area contributed by atoms with E-state index in [1.165, 1.54) is 0 Å². The van der Waals surface area contributed by atoms with Gasteiger partial charge in [-0.2, -0.15) is 13.5 Å². The fourth-order valence-electron chi connectivity index (χ4n) is 0.679. The molecule has 0 heterocycles. The molecule has 0 aromatic rings. The van der Waals surface area contributed by atoms with Crippen LogP contribution in [0.4, 0.5) is 0 Å². The molecule has 0 aliphatic rings. The third-order valence-corrected chi connectivity index (χ3v) is 1.62. The molecular formula is C9H19NO2S. The molecule has 0 fully saturated rings. The molecule has 0 amide bonds. The van der Waals surface area contributed by atoms with Crippen molar-refractivity contribution in [2.24, 2.45) is 0 Å². The predicted octanol–water partition coefficient (Wildman–Crippen LogP) is 1.52. The molecule has 0 bridgehead atoms. The number of hydrogen-bond donors (Lipinski definition) is 0. The first kappa shape index (κ1) is 15.0. The van der Waals surface area contributed by atoms with Crippen LogP contribution in [0.15, 0.2) is 12.2 Å². The zero-order valence-electron chi connectivity index (χ0n) is 8.59. The zero-order chi connectivity index (χ0) is 9.56. The van der Waals surface area contributed by atoms with Crippen LogP contribution < -0.4 is 0 Å². The first-order valence-electron chi connectivity index (χ1n) is 4.16. The fourth-order valence-corrected chi connectivity index (χ4v) is 0.679. The molecule has 0 saturated heterocycles. The number of rotatable bonds is 5. The van der Waals surface area contributed by atoms with Crippen LogP contribution in [0.1, 0.15) is 20.8 Å². The standard InChI is InChI=1S/C9H17NO2.H2S/c1-5-10(6-2)7-12-9(11)8(3)4;/h3,5-7H2,1-2,4H3;1H2. The lowest BCUT2D eigenvalue weighted by molar-refractivity contribution is -0.143. The fraction of sp³-hybridized carbons (Fsp3) is 0.667. The van der Waals surface area contributed by atoms with Crippen LogP contribution >= 0.6 is 13.5 Å². The van der Waals surface area contributed by atoms with Gasteiger partial charge in [0.25, 0.3) is 0 Å². The molecule has 0 atom stereocenters. The van der Waals surface area contributed by atoms with E-state index >= 15 is 0 Å². The maximum Gasteiger partial charge on any atom is 0.334 e. The van der Waals surface area contributed by atoms with Crippen molar-refractivity contribution in [1.29, 1.82) is 0 Å². The Morgan fingerprint density at radius 1 is 1.38 bits per heavy atom. The van der Waals surface area contributed by atoms with Crippen LogP contribution in [0, 0.1) is 0 Å². The van der Waals surface area contributed by atoms with Gasteiger partial charge in [0.1, 0.15) is 6.73 Å². The zero-order valence-corrected chi connectivity index (χ0v) is 9.59. The summed E-state index contributed by atoms with van der Waals surface area (Å²) in [6, 6.07) is 0. The summed E-state index contributed by atoms with van der Waals surface area (Å²) >= 11 is 0. The summed E-state index contributed by atoms with van der Waals surface area (Å²) in [5, 5.41) is 0. The molecule has 0 radical (unpaired) electrons. The molecule has 13 heavy (non-hydrogen) atoms. The summed E-state index contributed by atoms with van der Waals surface area (Å²) in [6.07, 6.45) is 0. The molecule has 0 saturated carbocycles. The number of carbonyl (C=O) groups is 1. The third-order valence-electron chi connectivity index (χ3n) is 1.62. The van der Waals surface area contributed by atoms with E-state index in [0.29, 0.717) is 12.3 Å². The van der Waals surface area contributed by atoms with Gasteiger partial charge in [0.2, 0.25) is 0 Å². The average molecular weight is 205 g/mol. The minimum atomic E-state index is -0.318. The van der Waals surface area contributed by atoms with Gasteiger partial charge in [-0.25, -0.2) is 4.79 Å². The van der Waals surface area contributed by atoms with Crippen molar-refractivity contribution >= 4 is 19.5 Å². The molecule has 3 nitrogen and oxygen atoms in total. The van der Waals surface area contributed by atoms with Crippen molar-refractivity contribution in [1.82, 2.24) is 4.90 Å². The van der Waals surface area contributed by atoms with Crippen LogP contribution in [0.25, 0.3) is 0 Å². The van der Waals surface area contributed by atoms with Crippen LogP contribution in [-0.4, -0.2) is 30.7 Å². The van der Waals surface area contributed by atoms with Crippen LogP contribution in [0.2, 0.25) is 0 Å². The second-order valence-corrected chi connectivity index (χ2v) is 2.64. The first-order chi connectivity index (χ1) is 5.61. The quantitative estimate of drug-likeness (QED) is 0.387. The number of esters is 1.